The molecule has 0 fully saturated rings. The molecule has 0 radical (unpaired) electrons. The monoisotopic (exact) mass is 226 g/mol. The van der Waals surface area contributed by atoms with Crippen molar-refractivity contribution in [3.8, 4) is 0 Å². The summed E-state index contributed by atoms with van der Waals surface area (Å²) in [4.78, 5) is 10.4. The van der Waals surface area contributed by atoms with Crippen molar-refractivity contribution in [2.24, 2.45) is 5.92 Å². The van der Waals surface area contributed by atoms with E-state index in [2.05, 4.69) is 6.92 Å². The fourth-order valence-corrected chi connectivity index (χ4v) is 1.35. The van der Waals surface area contributed by atoms with Crippen LogP contribution in [-0.4, -0.2) is 11.4 Å². The summed E-state index contributed by atoms with van der Waals surface area (Å²) in [6, 6.07) is 0. The molecule has 0 aliphatic heterocycles. The number of rotatable bonds is 8. The maximum Gasteiger partial charge on any atom is 1.00 e. The molecule has 86 valence electrons. The fraction of sp³-hybridized carbons (Fsp3) is 0.909. The average molecular weight is 226 g/mol. The molecule has 0 aromatic rings. The minimum absolute atomic E-state index is 0. The summed E-state index contributed by atoms with van der Waals surface area (Å²) in [6.07, 6.45) is 8.06. The van der Waals surface area contributed by atoms with Gasteiger partial charge in [0.2, 0.25) is 0 Å². The summed E-state index contributed by atoms with van der Waals surface area (Å²) >= 11 is 0. The number of hydrogen-bond donors (Lipinski definition) is 0. The molecule has 0 rings (SSSR count). The smallest absolute Gasteiger partial charge is 0.550 e. The van der Waals surface area contributed by atoms with Gasteiger partial charge in [0.05, 0.1) is 0 Å². The molecule has 0 heterocycles. The van der Waals surface area contributed by atoms with Gasteiger partial charge in [-0.3, -0.25) is 0 Å². The predicted octanol–water partition coefficient (Wildman–Crippen LogP) is -1.70. The third-order valence-electron chi connectivity index (χ3n) is 2.39. The molecular weight excluding hydrogens is 203 g/mol. The van der Waals surface area contributed by atoms with Gasteiger partial charge in [-0.05, 0) is 12.3 Å². The molecule has 0 unspecified atom stereocenters. The van der Waals surface area contributed by atoms with E-state index in [1.54, 1.807) is 6.92 Å². The molecule has 0 aromatic carbocycles. The molecule has 4 heteroatoms. The van der Waals surface area contributed by atoms with Gasteiger partial charge >= 0.3 is 29.6 Å². The summed E-state index contributed by atoms with van der Waals surface area (Å²) in [6.45, 7) is 3.92. The first-order valence-corrected chi connectivity index (χ1v) is 5.39. The number of carboxylic acid groups (broad SMARTS) is 1. The van der Waals surface area contributed by atoms with Crippen LogP contribution in [0.3, 0.4) is 0 Å². The van der Waals surface area contributed by atoms with Gasteiger partial charge in [0.25, 0.3) is 0 Å². The van der Waals surface area contributed by atoms with Crippen molar-refractivity contribution in [3.05, 3.63) is 0 Å². The van der Waals surface area contributed by atoms with E-state index in [9.17, 15) is 9.90 Å². The van der Waals surface area contributed by atoms with Gasteiger partial charge in [0.1, 0.15) is 0 Å². The van der Waals surface area contributed by atoms with Crippen molar-refractivity contribution < 1.29 is 44.9 Å². The summed E-state index contributed by atoms with van der Waals surface area (Å²) in [5, 5.41) is 10.4. The van der Waals surface area contributed by atoms with Crippen LogP contribution in [0.25, 0.3) is 0 Å². The van der Waals surface area contributed by atoms with Crippen molar-refractivity contribution >= 4 is 5.97 Å². The minimum Gasteiger partial charge on any atom is -0.550 e. The first-order valence-electron chi connectivity index (χ1n) is 5.39. The predicted molar refractivity (Wildman–Crippen MR) is 55.8 cm³/mol. The van der Waals surface area contributed by atoms with E-state index in [0.29, 0.717) is 0 Å². The zero-order chi connectivity index (χ0) is 10.1. The second kappa shape index (κ2) is 14.4. The number of carbonyl (C=O) groups is 1. The molecular formula is C11H23NaO3. The zero-order valence-corrected chi connectivity index (χ0v) is 12.3. The van der Waals surface area contributed by atoms with Gasteiger partial charge in [-0.25, -0.2) is 0 Å². The maximum absolute atomic E-state index is 10.4. The Hall–Kier alpha value is 0.430. The molecule has 0 bridgehead atoms. The second-order valence-electron chi connectivity index (χ2n) is 3.78. The summed E-state index contributed by atoms with van der Waals surface area (Å²) in [5.74, 6) is -1.18. The van der Waals surface area contributed by atoms with Crippen LogP contribution in [0.1, 0.15) is 58.8 Å². The van der Waals surface area contributed by atoms with Gasteiger partial charge < -0.3 is 15.4 Å². The van der Waals surface area contributed by atoms with Crippen LogP contribution in [-0.2, 0) is 4.79 Å². The standard InChI is InChI=1S/C11H22O2.Na.H2O/c1-3-4-5-6-7-8-9-10(2)11(12)13;;/h10H,3-9H2,1-2H3,(H,12,13);;1H2/q;+1;/p-1/t10-;;/m1../s1. The number of hydrogen-bond acceptors (Lipinski definition) is 2. The first kappa shape index (κ1) is 20.8. The van der Waals surface area contributed by atoms with E-state index in [1.165, 1.54) is 25.7 Å². The number of carboxylic acids is 1. The Kier molecular flexibility index (Phi) is 20.0. The minimum atomic E-state index is -0.909. The topological polar surface area (TPSA) is 71.6 Å². The van der Waals surface area contributed by atoms with Crippen LogP contribution in [0, 0.1) is 5.92 Å². The SMILES string of the molecule is CCCCCCCC[C@@H](C)C(=O)[O-].O.[Na+]. The van der Waals surface area contributed by atoms with E-state index in [1.807, 2.05) is 0 Å². The molecule has 3 nitrogen and oxygen atoms in total. The van der Waals surface area contributed by atoms with Crippen molar-refractivity contribution in [2.75, 3.05) is 0 Å². The third kappa shape index (κ3) is 14.4. The largest absolute Gasteiger partial charge is 1.00 e. The zero-order valence-electron chi connectivity index (χ0n) is 10.3. The van der Waals surface area contributed by atoms with Gasteiger partial charge in [-0.1, -0.05) is 52.4 Å². The Morgan fingerprint density at radius 2 is 1.60 bits per heavy atom. The average Bonchev–Trinajstić information content (AvgIpc) is 2.10. The van der Waals surface area contributed by atoms with Crippen molar-refractivity contribution in [1.82, 2.24) is 0 Å². The van der Waals surface area contributed by atoms with Gasteiger partial charge in [-0.15, -0.1) is 0 Å². The third-order valence-corrected chi connectivity index (χ3v) is 2.39. The van der Waals surface area contributed by atoms with Crippen LogP contribution in [0.15, 0.2) is 0 Å². The molecule has 2 N–H and O–H groups in total. The molecule has 0 amide bonds. The molecule has 0 aromatic heterocycles. The molecule has 1 atom stereocenters. The van der Waals surface area contributed by atoms with E-state index >= 15 is 0 Å². The van der Waals surface area contributed by atoms with Crippen molar-refractivity contribution in [2.45, 2.75) is 58.8 Å². The van der Waals surface area contributed by atoms with Crippen LogP contribution >= 0.6 is 0 Å². The van der Waals surface area contributed by atoms with E-state index in [-0.39, 0.29) is 41.0 Å². The number of unbranched alkanes of at least 4 members (excludes halogenated alkanes) is 5. The van der Waals surface area contributed by atoms with Crippen molar-refractivity contribution in [3.63, 3.8) is 0 Å². The van der Waals surface area contributed by atoms with Crippen LogP contribution < -0.4 is 34.7 Å². The van der Waals surface area contributed by atoms with E-state index < -0.39 is 5.97 Å². The second-order valence-corrected chi connectivity index (χ2v) is 3.78. The maximum atomic E-state index is 10.4. The Balaban J connectivity index is -0.000000720. The van der Waals surface area contributed by atoms with E-state index in [0.717, 1.165) is 19.3 Å². The molecule has 0 saturated heterocycles. The Labute approximate surface area is 115 Å². The number of aliphatic carboxylic acids is 1. The van der Waals surface area contributed by atoms with Gasteiger partial charge in [0, 0.05) is 5.97 Å². The summed E-state index contributed by atoms with van der Waals surface area (Å²) in [7, 11) is 0. The molecule has 0 saturated carbocycles. The van der Waals surface area contributed by atoms with Gasteiger partial charge in [-0.2, -0.15) is 0 Å². The summed E-state index contributed by atoms with van der Waals surface area (Å²) in [5.41, 5.74) is 0. The van der Waals surface area contributed by atoms with Crippen LogP contribution in [0.5, 0.6) is 0 Å². The molecule has 15 heavy (non-hydrogen) atoms. The quantitative estimate of drug-likeness (QED) is 0.366. The Morgan fingerprint density at radius 3 is 2.07 bits per heavy atom. The van der Waals surface area contributed by atoms with Crippen LogP contribution in [0.2, 0.25) is 0 Å². The molecule has 0 aliphatic rings. The fourth-order valence-electron chi connectivity index (χ4n) is 1.35. The normalized spacial score (nSPS) is 11.1. The summed E-state index contributed by atoms with van der Waals surface area (Å²) < 4.78 is 0. The molecule has 0 aliphatic carbocycles. The first-order chi connectivity index (χ1) is 6.18. The molecule has 0 spiro atoms. The number of carbonyl (C=O) groups excluding carboxylic acids is 1. The van der Waals surface area contributed by atoms with Crippen LogP contribution in [0.4, 0.5) is 0 Å². The Bertz CT molecular complexity index is 140. The van der Waals surface area contributed by atoms with Crippen molar-refractivity contribution in [1.29, 1.82) is 0 Å². The van der Waals surface area contributed by atoms with Gasteiger partial charge in [0.15, 0.2) is 0 Å². The Morgan fingerprint density at radius 1 is 1.13 bits per heavy atom. The van der Waals surface area contributed by atoms with E-state index in [4.69, 9.17) is 0 Å².